The molecule has 1 aliphatic rings. The van der Waals surface area contributed by atoms with E-state index in [0.29, 0.717) is 19.4 Å². The van der Waals surface area contributed by atoms with Gasteiger partial charge < -0.3 is 14.9 Å². The quantitative estimate of drug-likeness (QED) is 0.851. The van der Waals surface area contributed by atoms with E-state index in [4.69, 9.17) is 5.11 Å². The summed E-state index contributed by atoms with van der Waals surface area (Å²) in [6, 6.07) is 1.76. The number of carboxylic acid groups (broad SMARTS) is 1. The minimum Gasteiger partial charge on any atom is -0.481 e. The molecule has 0 aliphatic carbocycles. The molecule has 148 valence electrons. The van der Waals surface area contributed by atoms with Gasteiger partial charge in [-0.1, -0.05) is 0 Å². The predicted octanol–water partition coefficient (Wildman–Crippen LogP) is 1.80. The Hall–Kier alpha value is -2.65. The standard InChI is InChI=1S/C17H20F3N3O4/c1-10-12(5-6-13(21-10)17(18,19)20)15(25)22(2)9-14(24)23-7-3-4-11(8-23)16(26)27/h5-6,11H,3-4,7-9H2,1-2H3,(H,26,27). The molecule has 1 atom stereocenters. The molecule has 1 unspecified atom stereocenters. The first-order valence-electron chi connectivity index (χ1n) is 8.31. The van der Waals surface area contributed by atoms with Crippen LogP contribution in [0, 0.1) is 12.8 Å². The molecular weight excluding hydrogens is 367 g/mol. The van der Waals surface area contributed by atoms with Crippen LogP contribution >= 0.6 is 0 Å². The molecule has 10 heteroatoms. The summed E-state index contributed by atoms with van der Waals surface area (Å²) >= 11 is 0. The van der Waals surface area contributed by atoms with Crippen molar-refractivity contribution < 1.29 is 32.7 Å². The molecule has 2 amide bonds. The molecule has 1 saturated heterocycles. The molecule has 1 aromatic rings. The lowest BCUT2D eigenvalue weighted by Crippen LogP contribution is -2.47. The lowest BCUT2D eigenvalue weighted by molar-refractivity contribution is -0.146. The van der Waals surface area contributed by atoms with E-state index in [9.17, 15) is 27.6 Å². The Morgan fingerprint density at radius 3 is 2.56 bits per heavy atom. The second-order valence-corrected chi connectivity index (χ2v) is 6.51. The van der Waals surface area contributed by atoms with Crippen molar-refractivity contribution in [2.75, 3.05) is 26.7 Å². The summed E-state index contributed by atoms with van der Waals surface area (Å²) in [6.45, 7) is 1.48. The number of likely N-dealkylation sites (tertiary alicyclic amines) is 1. The number of aryl methyl sites for hydroxylation is 1. The zero-order chi connectivity index (χ0) is 20.4. The van der Waals surface area contributed by atoms with Crippen molar-refractivity contribution in [1.82, 2.24) is 14.8 Å². The van der Waals surface area contributed by atoms with Crippen molar-refractivity contribution in [2.45, 2.75) is 25.9 Å². The number of halogens is 3. The highest BCUT2D eigenvalue weighted by Crippen LogP contribution is 2.28. The van der Waals surface area contributed by atoms with Gasteiger partial charge in [0.15, 0.2) is 0 Å². The number of pyridine rings is 1. The summed E-state index contributed by atoms with van der Waals surface area (Å²) in [5, 5.41) is 9.08. The van der Waals surface area contributed by atoms with Gasteiger partial charge in [-0.2, -0.15) is 13.2 Å². The number of carboxylic acids is 1. The molecule has 0 bridgehead atoms. The van der Waals surface area contributed by atoms with E-state index in [0.717, 1.165) is 17.0 Å². The third kappa shape index (κ3) is 4.95. The molecule has 2 rings (SSSR count). The molecule has 1 aliphatic heterocycles. The Morgan fingerprint density at radius 1 is 1.33 bits per heavy atom. The van der Waals surface area contributed by atoms with E-state index in [1.165, 1.54) is 18.9 Å². The fourth-order valence-electron chi connectivity index (χ4n) is 2.93. The molecule has 1 N–H and O–H groups in total. The van der Waals surface area contributed by atoms with Gasteiger partial charge in [-0.15, -0.1) is 0 Å². The van der Waals surface area contributed by atoms with E-state index in [1.807, 2.05) is 0 Å². The summed E-state index contributed by atoms with van der Waals surface area (Å²) in [5.41, 5.74) is -1.21. The molecule has 7 nitrogen and oxygen atoms in total. The predicted molar refractivity (Wildman–Crippen MR) is 87.9 cm³/mol. The fraction of sp³-hybridized carbons (Fsp3) is 0.529. The lowest BCUT2D eigenvalue weighted by atomic mass is 9.98. The van der Waals surface area contributed by atoms with Gasteiger partial charge in [0.2, 0.25) is 5.91 Å². The number of hydrogen-bond acceptors (Lipinski definition) is 4. The third-order valence-electron chi connectivity index (χ3n) is 4.45. The average molecular weight is 387 g/mol. The maximum absolute atomic E-state index is 12.7. The number of aromatic nitrogens is 1. The largest absolute Gasteiger partial charge is 0.481 e. The normalized spacial score (nSPS) is 17.5. The zero-order valence-electron chi connectivity index (χ0n) is 14.9. The molecular formula is C17H20F3N3O4. The highest BCUT2D eigenvalue weighted by molar-refractivity contribution is 5.97. The van der Waals surface area contributed by atoms with Crippen molar-refractivity contribution in [2.24, 2.45) is 5.92 Å². The van der Waals surface area contributed by atoms with Crippen LogP contribution in [-0.2, 0) is 15.8 Å². The first-order valence-corrected chi connectivity index (χ1v) is 8.31. The Bertz CT molecular complexity index is 751. The molecule has 2 heterocycles. The maximum Gasteiger partial charge on any atom is 0.433 e. The summed E-state index contributed by atoms with van der Waals surface area (Å²) in [5.74, 6) is -2.64. The number of likely N-dealkylation sites (N-methyl/N-ethyl adjacent to an activating group) is 1. The van der Waals surface area contributed by atoms with Gasteiger partial charge in [-0.3, -0.25) is 14.4 Å². The van der Waals surface area contributed by atoms with Gasteiger partial charge in [-0.25, -0.2) is 4.98 Å². The number of carbonyl (C=O) groups excluding carboxylic acids is 2. The number of amides is 2. The van der Waals surface area contributed by atoms with E-state index in [-0.39, 0.29) is 24.3 Å². The third-order valence-corrected chi connectivity index (χ3v) is 4.45. The summed E-state index contributed by atoms with van der Waals surface area (Å²) < 4.78 is 38.0. The maximum atomic E-state index is 12.7. The van der Waals surface area contributed by atoms with Crippen molar-refractivity contribution in [3.8, 4) is 0 Å². The molecule has 0 radical (unpaired) electrons. The van der Waals surface area contributed by atoms with Gasteiger partial charge in [0.05, 0.1) is 23.7 Å². The summed E-state index contributed by atoms with van der Waals surface area (Å²) in [6.07, 6.45) is -3.56. The zero-order valence-corrected chi connectivity index (χ0v) is 14.9. The van der Waals surface area contributed by atoms with Crippen LogP contribution in [0.2, 0.25) is 0 Å². The van der Waals surface area contributed by atoms with Gasteiger partial charge in [0, 0.05) is 20.1 Å². The van der Waals surface area contributed by atoms with Gasteiger partial charge in [0.1, 0.15) is 5.69 Å². The van der Waals surface area contributed by atoms with E-state index >= 15 is 0 Å². The van der Waals surface area contributed by atoms with E-state index < -0.39 is 35.6 Å². The van der Waals surface area contributed by atoms with Crippen LogP contribution < -0.4 is 0 Å². The number of hydrogen-bond donors (Lipinski definition) is 1. The van der Waals surface area contributed by atoms with Crippen LogP contribution in [0.25, 0.3) is 0 Å². The lowest BCUT2D eigenvalue weighted by Gasteiger charge is -2.32. The Morgan fingerprint density at radius 2 is 2.00 bits per heavy atom. The number of carbonyl (C=O) groups is 3. The van der Waals surface area contributed by atoms with Crippen molar-refractivity contribution in [3.63, 3.8) is 0 Å². The Balaban J connectivity index is 2.05. The number of piperidine rings is 1. The SMILES string of the molecule is Cc1nc(C(F)(F)F)ccc1C(=O)N(C)CC(=O)N1CCCC(C(=O)O)C1. The first-order chi connectivity index (χ1) is 12.5. The van der Waals surface area contributed by atoms with E-state index in [2.05, 4.69) is 4.98 Å². The van der Waals surface area contributed by atoms with Crippen LogP contribution in [0.4, 0.5) is 13.2 Å². The summed E-state index contributed by atoms with van der Waals surface area (Å²) in [7, 11) is 1.36. The van der Waals surface area contributed by atoms with Gasteiger partial charge >= 0.3 is 12.1 Å². The van der Waals surface area contributed by atoms with E-state index in [1.54, 1.807) is 0 Å². The van der Waals surface area contributed by atoms with Gasteiger partial charge in [0.25, 0.3) is 5.91 Å². The van der Waals surface area contributed by atoms with Crippen molar-refractivity contribution in [3.05, 3.63) is 29.1 Å². The van der Waals surface area contributed by atoms with Crippen molar-refractivity contribution >= 4 is 17.8 Å². The number of alkyl halides is 3. The first kappa shape index (κ1) is 20.7. The molecule has 0 saturated carbocycles. The van der Waals surface area contributed by atoms with Crippen LogP contribution in [0.3, 0.4) is 0 Å². The number of aliphatic carboxylic acids is 1. The minimum absolute atomic E-state index is 0.0274. The Kier molecular flexibility index (Phi) is 6.07. The second kappa shape index (κ2) is 7.93. The Labute approximate surface area is 153 Å². The topological polar surface area (TPSA) is 90.8 Å². The molecule has 1 fully saturated rings. The number of nitrogens with zero attached hydrogens (tertiary/aromatic N) is 3. The average Bonchev–Trinajstić information content (AvgIpc) is 2.60. The van der Waals surface area contributed by atoms with Crippen LogP contribution in [0.5, 0.6) is 0 Å². The number of rotatable bonds is 4. The van der Waals surface area contributed by atoms with Crippen LogP contribution in [0.15, 0.2) is 12.1 Å². The molecule has 27 heavy (non-hydrogen) atoms. The fourth-order valence-corrected chi connectivity index (χ4v) is 2.93. The molecule has 0 aromatic carbocycles. The summed E-state index contributed by atoms with van der Waals surface area (Å²) in [4.78, 5) is 41.8. The highest BCUT2D eigenvalue weighted by Gasteiger charge is 2.33. The van der Waals surface area contributed by atoms with Crippen LogP contribution in [-0.4, -0.2) is 64.4 Å². The monoisotopic (exact) mass is 387 g/mol. The smallest absolute Gasteiger partial charge is 0.433 e. The molecule has 0 spiro atoms. The second-order valence-electron chi connectivity index (χ2n) is 6.51. The molecule has 1 aromatic heterocycles. The van der Waals surface area contributed by atoms with Crippen molar-refractivity contribution in [1.29, 1.82) is 0 Å². The minimum atomic E-state index is -4.61. The van der Waals surface area contributed by atoms with Gasteiger partial charge in [-0.05, 0) is 31.9 Å². The highest BCUT2D eigenvalue weighted by atomic mass is 19.4. The van der Waals surface area contributed by atoms with Crippen LogP contribution in [0.1, 0.15) is 34.6 Å².